The molecule has 1 aromatic carbocycles. The number of urea groups is 2. The molecule has 30 heavy (non-hydrogen) atoms. The second kappa shape index (κ2) is 8.04. The maximum atomic E-state index is 13.4. The summed E-state index contributed by atoms with van der Waals surface area (Å²) in [6.07, 6.45) is 3.24. The van der Waals surface area contributed by atoms with Crippen molar-refractivity contribution in [1.29, 1.82) is 0 Å². The maximum Gasteiger partial charge on any atom is 0.323 e. The molecule has 0 spiro atoms. The Morgan fingerprint density at radius 2 is 1.80 bits per heavy atom. The Balaban J connectivity index is 1.51. The number of methoxy groups -OCH3 is 1. The molecule has 9 heteroatoms. The molecule has 0 aromatic heterocycles. The summed E-state index contributed by atoms with van der Waals surface area (Å²) in [4.78, 5) is 44.6. The first kappa shape index (κ1) is 20.3. The van der Waals surface area contributed by atoms with E-state index in [1.807, 2.05) is 29.2 Å². The van der Waals surface area contributed by atoms with Gasteiger partial charge in [0, 0.05) is 26.7 Å². The molecule has 0 unspecified atom stereocenters. The summed E-state index contributed by atoms with van der Waals surface area (Å²) in [7, 11) is 4.94. The lowest BCUT2D eigenvalue weighted by atomic mass is 10.1. The number of rotatable bonds is 6. The average Bonchev–Trinajstić information content (AvgIpc) is 3.43. The van der Waals surface area contributed by atoms with Gasteiger partial charge in [0.25, 0.3) is 0 Å². The Morgan fingerprint density at radius 1 is 1.13 bits per heavy atom. The van der Waals surface area contributed by atoms with Crippen molar-refractivity contribution in [3.05, 3.63) is 29.8 Å². The maximum absolute atomic E-state index is 13.4. The monoisotopic (exact) mass is 415 g/mol. The number of hydrogen-bond donors (Lipinski definition) is 1. The standard InChI is InChI=1S/C21H29N5O4/c1-23-18-19(24(2)21(23)29)26(20(28)22-18)13-17(27)25(15-6-4-5-7-15)12-14-8-10-16(30-3)11-9-14/h8-11,15,18-19H,4-7,12-13H2,1-3H3,(H,22,28)/t18-,19-/m0/s1. The van der Waals surface area contributed by atoms with E-state index in [9.17, 15) is 14.4 Å². The first-order chi connectivity index (χ1) is 14.4. The summed E-state index contributed by atoms with van der Waals surface area (Å²) in [5.41, 5.74) is 1.02. The minimum atomic E-state index is -0.481. The Kier molecular flexibility index (Phi) is 5.44. The predicted molar refractivity (Wildman–Crippen MR) is 110 cm³/mol. The highest BCUT2D eigenvalue weighted by molar-refractivity contribution is 5.89. The van der Waals surface area contributed by atoms with Crippen molar-refractivity contribution in [2.45, 2.75) is 50.6 Å². The zero-order valence-corrected chi connectivity index (χ0v) is 17.7. The average molecular weight is 415 g/mol. The van der Waals surface area contributed by atoms with Crippen molar-refractivity contribution >= 4 is 18.0 Å². The van der Waals surface area contributed by atoms with Crippen LogP contribution in [0.15, 0.2) is 24.3 Å². The second-order valence-electron chi connectivity index (χ2n) is 8.25. The molecule has 1 saturated carbocycles. The number of likely N-dealkylation sites (N-methyl/N-ethyl adjacent to an activating group) is 2. The van der Waals surface area contributed by atoms with Gasteiger partial charge in [-0.25, -0.2) is 9.59 Å². The molecule has 162 valence electrons. The number of nitrogens with one attached hydrogen (secondary N) is 1. The first-order valence-electron chi connectivity index (χ1n) is 10.4. The van der Waals surface area contributed by atoms with Crippen LogP contribution >= 0.6 is 0 Å². The van der Waals surface area contributed by atoms with E-state index in [0.29, 0.717) is 6.54 Å². The van der Waals surface area contributed by atoms with Gasteiger partial charge >= 0.3 is 12.1 Å². The van der Waals surface area contributed by atoms with Crippen LogP contribution in [0.4, 0.5) is 9.59 Å². The third kappa shape index (κ3) is 3.53. The van der Waals surface area contributed by atoms with Gasteiger partial charge in [-0.1, -0.05) is 25.0 Å². The Hall–Kier alpha value is -2.97. The summed E-state index contributed by atoms with van der Waals surface area (Å²) < 4.78 is 5.22. The number of ether oxygens (including phenoxy) is 1. The van der Waals surface area contributed by atoms with E-state index in [1.54, 1.807) is 21.2 Å². The van der Waals surface area contributed by atoms with Gasteiger partial charge in [0.1, 0.15) is 24.6 Å². The van der Waals surface area contributed by atoms with E-state index < -0.39 is 12.3 Å². The van der Waals surface area contributed by atoms with Gasteiger partial charge in [0.05, 0.1) is 7.11 Å². The van der Waals surface area contributed by atoms with Crippen LogP contribution in [0.1, 0.15) is 31.2 Å². The molecule has 2 saturated heterocycles. The van der Waals surface area contributed by atoms with Crippen molar-refractivity contribution < 1.29 is 19.1 Å². The van der Waals surface area contributed by atoms with Crippen LogP contribution in [0.3, 0.4) is 0 Å². The molecular formula is C21H29N5O4. The molecule has 3 aliphatic rings. The molecule has 0 radical (unpaired) electrons. The van der Waals surface area contributed by atoms with E-state index in [0.717, 1.165) is 37.0 Å². The molecule has 3 fully saturated rings. The number of carbonyl (C=O) groups is 3. The van der Waals surface area contributed by atoms with Crippen LogP contribution in [0.25, 0.3) is 0 Å². The minimum absolute atomic E-state index is 0.0505. The number of nitrogens with zero attached hydrogens (tertiary/aromatic N) is 4. The third-order valence-corrected chi connectivity index (χ3v) is 6.45. The topological polar surface area (TPSA) is 85.4 Å². The Bertz CT molecular complexity index is 823. The summed E-state index contributed by atoms with van der Waals surface area (Å²) in [6, 6.07) is 7.39. The molecular weight excluding hydrogens is 386 g/mol. The zero-order valence-electron chi connectivity index (χ0n) is 17.7. The number of carbonyl (C=O) groups excluding carboxylic acids is 3. The van der Waals surface area contributed by atoms with Gasteiger partial charge in [-0.3, -0.25) is 9.69 Å². The van der Waals surface area contributed by atoms with E-state index in [1.165, 1.54) is 14.7 Å². The molecule has 1 N–H and O–H groups in total. The Morgan fingerprint density at radius 3 is 2.43 bits per heavy atom. The van der Waals surface area contributed by atoms with Gasteiger partial charge < -0.3 is 24.8 Å². The van der Waals surface area contributed by atoms with Gasteiger partial charge in [0.2, 0.25) is 5.91 Å². The minimum Gasteiger partial charge on any atom is -0.497 e. The summed E-state index contributed by atoms with van der Waals surface area (Å²) >= 11 is 0. The second-order valence-corrected chi connectivity index (χ2v) is 8.25. The molecule has 1 aliphatic carbocycles. The summed E-state index contributed by atoms with van der Waals surface area (Å²) in [5, 5.41) is 2.82. The van der Waals surface area contributed by atoms with Crippen LogP contribution in [-0.2, 0) is 11.3 Å². The third-order valence-electron chi connectivity index (χ3n) is 6.45. The van der Waals surface area contributed by atoms with E-state index in [4.69, 9.17) is 4.74 Å². The quantitative estimate of drug-likeness (QED) is 0.766. The summed E-state index contributed by atoms with van der Waals surface area (Å²) in [5.74, 6) is 0.680. The van der Waals surface area contributed by atoms with Crippen LogP contribution in [0, 0.1) is 0 Å². The molecule has 2 aliphatic heterocycles. The highest BCUT2D eigenvalue weighted by Gasteiger charge is 2.53. The van der Waals surface area contributed by atoms with Crippen LogP contribution in [0.2, 0.25) is 0 Å². The molecule has 2 atom stereocenters. The van der Waals surface area contributed by atoms with Crippen molar-refractivity contribution in [3.63, 3.8) is 0 Å². The lowest BCUT2D eigenvalue weighted by molar-refractivity contribution is -0.135. The lowest BCUT2D eigenvalue weighted by Crippen LogP contribution is -2.50. The van der Waals surface area contributed by atoms with Crippen LogP contribution in [-0.4, -0.2) is 83.7 Å². The predicted octanol–water partition coefficient (Wildman–Crippen LogP) is 1.64. The van der Waals surface area contributed by atoms with Crippen LogP contribution in [0.5, 0.6) is 5.75 Å². The zero-order chi connectivity index (χ0) is 21.4. The number of fused-ring (bicyclic) bond motifs is 1. The van der Waals surface area contributed by atoms with Crippen LogP contribution < -0.4 is 10.1 Å². The largest absolute Gasteiger partial charge is 0.497 e. The summed E-state index contributed by atoms with van der Waals surface area (Å²) in [6.45, 7) is 0.441. The van der Waals surface area contributed by atoms with E-state index >= 15 is 0 Å². The van der Waals surface area contributed by atoms with E-state index in [-0.39, 0.29) is 30.6 Å². The normalized spacial score (nSPS) is 23.8. The van der Waals surface area contributed by atoms with Crippen molar-refractivity contribution in [2.24, 2.45) is 0 Å². The fourth-order valence-electron chi connectivity index (χ4n) is 4.74. The first-order valence-corrected chi connectivity index (χ1v) is 10.4. The number of amides is 5. The highest BCUT2D eigenvalue weighted by Crippen LogP contribution is 2.29. The van der Waals surface area contributed by atoms with Gasteiger partial charge in [-0.05, 0) is 30.5 Å². The smallest absolute Gasteiger partial charge is 0.323 e. The van der Waals surface area contributed by atoms with Gasteiger partial charge in [-0.2, -0.15) is 0 Å². The van der Waals surface area contributed by atoms with Gasteiger partial charge in [0.15, 0.2) is 0 Å². The van der Waals surface area contributed by atoms with Gasteiger partial charge in [-0.15, -0.1) is 0 Å². The molecule has 5 amide bonds. The van der Waals surface area contributed by atoms with E-state index in [2.05, 4.69) is 5.32 Å². The molecule has 9 nitrogen and oxygen atoms in total. The number of benzene rings is 1. The van der Waals surface area contributed by atoms with Crippen molar-refractivity contribution in [2.75, 3.05) is 27.7 Å². The Labute approximate surface area is 176 Å². The highest BCUT2D eigenvalue weighted by atomic mass is 16.5. The number of hydrogen-bond acceptors (Lipinski definition) is 4. The van der Waals surface area contributed by atoms with Crippen molar-refractivity contribution in [1.82, 2.24) is 24.9 Å². The SMILES string of the molecule is COc1ccc(CN(C(=O)CN2C(=O)N[C@@H]3[C@H]2N(C)C(=O)N3C)C2CCCC2)cc1. The molecule has 4 rings (SSSR count). The lowest BCUT2D eigenvalue weighted by Gasteiger charge is -2.33. The molecule has 1 aromatic rings. The fraction of sp³-hybridized carbons (Fsp3) is 0.571. The van der Waals surface area contributed by atoms with Crippen molar-refractivity contribution in [3.8, 4) is 5.75 Å². The fourth-order valence-corrected chi connectivity index (χ4v) is 4.74. The molecule has 2 heterocycles. The molecule has 0 bridgehead atoms.